The van der Waals surface area contributed by atoms with Gasteiger partial charge in [-0.25, -0.2) is 9.97 Å². The van der Waals surface area contributed by atoms with Gasteiger partial charge in [-0.2, -0.15) is 0 Å². The molecule has 3 rings (SSSR count). The van der Waals surface area contributed by atoms with Gasteiger partial charge in [-0.1, -0.05) is 12.8 Å². The molecule has 0 aliphatic heterocycles. The Labute approximate surface area is 113 Å². The van der Waals surface area contributed by atoms with Gasteiger partial charge in [0.25, 0.3) is 0 Å². The van der Waals surface area contributed by atoms with Crippen LogP contribution in [0.2, 0.25) is 0 Å². The lowest BCUT2D eigenvalue weighted by atomic mass is 10.0. The highest BCUT2D eigenvalue weighted by Crippen LogP contribution is 2.33. The first-order chi connectivity index (χ1) is 9.31. The SMILES string of the molecule is Nc1cc(C2CCCC2)nc(Cc2ccncc2)n1. The van der Waals surface area contributed by atoms with Crippen LogP contribution in [0.5, 0.6) is 0 Å². The number of nitrogens with zero attached hydrogens (tertiary/aromatic N) is 3. The average molecular weight is 254 g/mol. The van der Waals surface area contributed by atoms with E-state index in [2.05, 4.69) is 9.97 Å². The summed E-state index contributed by atoms with van der Waals surface area (Å²) in [6, 6.07) is 5.91. The Bertz CT molecular complexity index is 547. The van der Waals surface area contributed by atoms with Crippen LogP contribution in [-0.4, -0.2) is 15.0 Å². The molecular formula is C15H18N4. The smallest absolute Gasteiger partial charge is 0.135 e. The van der Waals surface area contributed by atoms with E-state index in [1.54, 1.807) is 12.4 Å². The molecule has 1 fully saturated rings. The Balaban J connectivity index is 1.85. The van der Waals surface area contributed by atoms with Crippen LogP contribution in [0.4, 0.5) is 5.82 Å². The van der Waals surface area contributed by atoms with Crippen LogP contribution in [0.1, 0.15) is 48.7 Å². The summed E-state index contributed by atoms with van der Waals surface area (Å²) in [5, 5.41) is 0. The second-order valence-electron chi connectivity index (χ2n) is 5.15. The van der Waals surface area contributed by atoms with Crippen LogP contribution in [0.25, 0.3) is 0 Å². The standard InChI is InChI=1S/C15H18N4/c16-14-10-13(12-3-1-2-4-12)18-15(19-14)9-11-5-7-17-8-6-11/h5-8,10,12H,1-4,9H2,(H2,16,18,19). The van der Waals surface area contributed by atoms with E-state index >= 15 is 0 Å². The monoisotopic (exact) mass is 254 g/mol. The van der Waals surface area contributed by atoms with Gasteiger partial charge in [0.05, 0.1) is 0 Å². The first kappa shape index (κ1) is 12.1. The van der Waals surface area contributed by atoms with Crippen molar-refractivity contribution in [3.05, 3.63) is 47.7 Å². The average Bonchev–Trinajstić information content (AvgIpc) is 2.93. The molecule has 1 aliphatic rings. The summed E-state index contributed by atoms with van der Waals surface area (Å²) in [7, 11) is 0. The van der Waals surface area contributed by atoms with Crippen LogP contribution >= 0.6 is 0 Å². The maximum absolute atomic E-state index is 5.92. The number of pyridine rings is 1. The van der Waals surface area contributed by atoms with E-state index in [1.165, 1.54) is 25.7 Å². The zero-order valence-electron chi connectivity index (χ0n) is 10.9. The molecule has 4 heteroatoms. The number of aromatic nitrogens is 3. The molecule has 0 radical (unpaired) electrons. The first-order valence-electron chi connectivity index (χ1n) is 6.83. The van der Waals surface area contributed by atoms with Crippen LogP contribution in [0, 0.1) is 0 Å². The lowest BCUT2D eigenvalue weighted by Crippen LogP contribution is -2.06. The van der Waals surface area contributed by atoms with Crippen molar-refractivity contribution in [2.75, 3.05) is 5.73 Å². The zero-order valence-corrected chi connectivity index (χ0v) is 10.9. The quantitative estimate of drug-likeness (QED) is 0.914. The van der Waals surface area contributed by atoms with Crippen molar-refractivity contribution in [2.45, 2.75) is 38.0 Å². The van der Waals surface area contributed by atoms with E-state index in [0.29, 0.717) is 18.2 Å². The largest absolute Gasteiger partial charge is 0.384 e. The minimum atomic E-state index is 0.571. The van der Waals surface area contributed by atoms with Gasteiger partial charge in [0.1, 0.15) is 11.6 Å². The van der Waals surface area contributed by atoms with Crippen LogP contribution in [0.15, 0.2) is 30.6 Å². The van der Waals surface area contributed by atoms with E-state index in [1.807, 2.05) is 18.2 Å². The third kappa shape index (κ3) is 2.89. The van der Waals surface area contributed by atoms with E-state index in [9.17, 15) is 0 Å². The molecule has 0 spiro atoms. The molecule has 2 N–H and O–H groups in total. The minimum Gasteiger partial charge on any atom is -0.384 e. The van der Waals surface area contributed by atoms with Gasteiger partial charge in [0.15, 0.2) is 0 Å². The fraction of sp³-hybridized carbons (Fsp3) is 0.400. The van der Waals surface area contributed by atoms with Crippen molar-refractivity contribution in [2.24, 2.45) is 0 Å². The Kier molecular flexibility index (Phi) is 3.40. The Hall–Kier alpha value is -1.97. The highest BCUT2D eigenvalue weighted by atomic mass is 14.9. The topological polar surface area (TPSA) is 64.7 Å². The van der Waals surface area contributed by atoms with Crippen LogP contribution < -0.4 is 5.73 Å². The molecule has 2 aromatic heterocycles. The Morgan fingerprint density at radius 2 is 1.84 bits per heavy atom. The van der Waals surface area contributed by atoms with Crippen molar-refractivity contribution in [1.29, 1.82) is 0 Å². The van der Waals surface area contributed by atoms with E-state index in [4.69, 9.17) is 10.7 Å². The highest BCUT2D eigenvalue weighted by molar-refractivity contribution is 5.32. The molecule has 4 nitrogen and oxygen atoms in total. The van der Waals surface area contributed by atoms with E-state index < -0.39 is 0 Å². The van der Waals surface area contributed by atoms with Gasteiger partial charge in [0.2, 0.25) is 0 Å². The number of rotatable bonds is 3. The molecule has 19 heavy (non-hydrogen) atoms. The molecule has 0 unspecified atom stereocenters. The van der Waals surface area contributed by atoms with Crippen LogP contribution in [-0.2, 0) is 6.42 Å². The molecule has 0 bridgehead atoms. The first-order valence-corrected chi connectivity index (χ1v) is 6.83. The molecule has 0 aromatic carbocycles. The summed E-state index contributed by atoms with van der Waals surface area (Å²) in [5.41, 5.74) is 8.20. The highest BCUT2D eigenvalue weighted by Gasteiger charge is 2.19. The second-order valence-corrected chi connectivity index (χ2v) is 5.15. The van der Waals surface area contributed by atoms with E-state index in [0.717, 1.165) is 17.1 Å². The molecule has 1 saturated carbocycles. The molecule has 0 amide bonds. The van der Waals surface area contributed by atoms with Crippen molar-refractivity contribution in [3.63, 3.8) is 0 Å². The molecule has 2 heterocycles. The number of hydrogen-bond donors (Lipinski definition) is 1. The minimum absolute atomic E-state index is 0.571. The van der Waals surface area contributed by atoms with Crippen molar-refractivity contribution in [1.82, 2.24) is 15.0 Å². The Morgan fingerprint density at radius 3 is 2.58 bits per heavy atom. The zero-order chi connectivity index (χ0) is 13.1. The summed E-state index contributed by atoms with van der Waals surface area (Å²) in [6.45, 7) is 0. The lowest BCUT2D eigenvalue weighted by Gasteiger charge is -2.11. The van der Waals surface area contributed by atoms with E-state index in [-0.39, 0.29) is 0 Å². The number of nitrogens with two attached hydrogens (primary N) is 1. The third-order valence-corrected chi connectivity index (χ3v) is 3.70. The predicted octanol–water partition coefficient (Wildman–Crippen LogP) is 2.70. The normalized spacial score (nSPS) is 15.8. The van der Waals surface area contributed by atoms with Gasteiger partial charge in [-0.05, 0) is 30.5 Å². The van der Waals surface area contributed by atoms with Crippen molar-refractivity contribution in [3.8, 4) is 0 Å². The van der Waals surface area contributed by atoms with Crippen LogP contribution in [0.3, 0.4) is 0 Å². The van der Waals surface area contributed by atoms with Gasteiger partial charge >= 0.3 is 0 Å². The molecular weight excluding hydrogens is 236 g/mol. The Morgan fingerprint density at radius 1 is 1.11 bits per heavy atom. The lowest BCUT2D eigenvalue weighted by molar-refractivity contribution is 0.687. The fourth-order valence-electron chi connectivity index (χ4n) is 2.73. The summed E-state index contributed by atoms with van der Waals surface area (Å²) in [4.78, 5) is 13.1. The van der Waals surface area contributed by atoms with Gasteiger partial charge < -0.3 is 5.73 Å². The molecule has 2 aromatic rings. The predicted molar refractivity (Wildman–Crippen MR) is 74.7 cm³/mol. The van der Waals surface area contributed by atoms with Gasteiger partial charge in [-0.15, -0.1) is 0 Å². The molecule has 0 atom stereocenters. The molecule has 0 saturated heterocycles. The summed E-state index contributed by atoms with van der Waals surface area (Å²) in [6.07, 6.45) is 9.35. The number of nitrogen functional groups attached to an aromatic ring is 1. The maximum Gasteiger partial charge on any atom is 0.135 e. The summed E-state index contributed by atoms with van der Waals surface area (Å²) < 4.78 is 0. The maximum atomic E-state index is 5.92. The number of anilines is 1. The molecule has 98 valence electrons. The number of hydrogen-bond acceptors (Lipinski definition) is 4. The second kappa shape index (κ2) is 5.34. The summed E-state index contributed by atoms with van der Waals surface area (Å²) >= 11 is 0. The molecule has 1 aliphatic carbocycles. The fourth-order valence-corrected chi connectivity index (χ4v) is 2.73. The summed E-state index contributed by atoms with van der Waals surface area (Å²) in [5.74, 6) is 1.97. The van der Waals surface area contributed by atoms with Crippen molar-refractivity contribution >= 4 is 5.82 Å². The van der Waals surface area contributed by atoms with Gasteiger partial charge in [0, 0.05) is 36.5 Å². The van der Waals surface area contributed by atoms with Gasteiger partial charge in [-0.3, -0.25) is 4.98 Å². The third-order valence-electron chi connectivity index (χ3n) is 3.70. The van der Waals surface area contributed by atoms with Crippen molar-refractivity contribution < 1.29 is 0 Å².